The molecule has 1 aromatic heterocycles. The van der Waals surface area contributed by atoms with E-state index >= 15 is 0 Å². The lowest BCUT2D eigenvalue weighted by Crippen LogP contribution is -2.04. The Bertz CT molecular complexity index is 898. The summed E-state index contributed by atoms with van der Waals surface area (Å²) in [4.78, 5) is 14.9. The van der Waals surface area contributed by atoms with E-state index in [-0.39, 0.29) is 16.9 Å². The molecule has 0 bridgehead atoms. The quantitative estimate of drug-likeness (QED) is 0.746. The lowest BCUT2D eigenvalue weighted by Gasteiger charge is -2.07. The van der Waals surface area contributed by atoms with Crippen molar-refractivity contribution in [1.82, 2.24) is 4.98 Å². The van der Waals surface area contributed by atoms with Crippen LogP contribution in [0.5, 0.6) is 0 Å². The first kappa shape index (κ1) is 16.8. The number of halogens is 3. The number of rotatable bonds is 4. The van der Waals surface area contributed by atoms with E-state index in [1.54, 1.807) is 12.1 Å². The summed E-state index contributed by atoms with van der Waals surface area (Å²) < 4.78 is 43.9. The fourth-order valence-electron chi connectivity index (χ4n) is 2.31. The van der Waals surface area contributed by atoms with Gasteiger partial charge in [0.1, 0.15) is 0 Å². The van der Waals surface area contributed by atoms with Gasteiger partial charge in [-0.3, -0.25) is 0 Å². The number of aromatic carboxylic acids is 1. The zero-order chi connectivity index (χ0) is 18.0. The fourth-order valence-corrected chi connectivity index (χ4v) is 2.31. The van der Waals surface area contributed by atoms with E-state index in [1.165, 1.54) is 30.5 Å². The Morgan fingerprint density at radius 1 is 1.12 bits per heavy atom. The largest absolute Gasteiger partial charge is 0.478 e. The van der Waals surface area contributed by atoms with Gasteiger partial charge >= 0.3 is 12.1 Å². The molecule has 25 heavy (non-hydrogen) atoms. The Hall–Kier alpha value is -3.09. The highest BCUT2D eigenvalue weighted by molar-refractivity contribution is 5.87. The van der Waals surface area contributed by atoms with Crippen LogP contribution in [0.4, 0.5) is 13.2 Å². The number of carboxylic acids is 1. The second-order valence-corrected chi connectivity index (χ2v) is 5.38. The molecule has 0 aliphatic carbocycles. The standard InChI is InChI=1S/C18H12F3NO3/c19-18(20,21)14-3-1-2-13(9-14)15-10-22-16(25-15)8-11-4-6-12(7-5-11)17(23)24/h1-7,9-10H,8H2,(H,23,24). The lowest BCUT2D eigenvalue weighted by atomic mass is 10.1. The van der Waals surface area contributed by atoms with Crippen molar-refractivity contribution < 1.29 is 27.5 Å². The average molecular weight is 347 g/mol. The summed E-state index contributed by atoms with van der Waals surface area (Å²) in [6, 6.07) is 11.0. The summed E-state index contributed by atoms with van der Waals surface area (Å²) in [5.74, 6) is -0.451. The van der Waals surface area contributed by atoms with Crippen LogP contribution < -0.4 is 0 Å². The molecular formula is C18H12F3NO3. The molecule has 0 aliphatic heterocycles. The Labute approximate surface area is 140 Å². The zero-order valence-electron chi connectivity index (χ0n) is 12.7. The molecule has 0 spiro atoms. The molecule has 128 valence electrons. The van der Waals surface area contributed by atoms with Gasteiger partial charge in [-0.05, 0) is 29.8 Å². The van der Waals surface area contributed by atoms with Gasteiger partial charge in [0, 0.05) is 12.0 Å². The van der Waals surface area contributed by atoms with Crippen molar-refractivity contribution in [3.05, 3.63) is 77.3 Å². The molecule has 0 saturated carbocycles. The molecule has 0 atom stereocenters. The molecule has 4 nitrogen and oxygen atoms in total. The maximum absolute atomic E-state index is 12.8. The Morgan fingerprint density at radius 3 is 2.48 bits per heavy atom. The molecule has 0 fully saturated rings. The van der Waals surface area contributed by atoms with Crippen LogP contribution in [0.1, 0.15) is 27.4 Å². The Kier molecular flexibility index (Phi) is 4.31. The van der Waals surface area contributed by atoms with E-state index < -0.39 is 17.7 Å². The number of alkyl halides is 3. The molecule has 0 radical (unpaired) electrons. The Balaban J connectivity index is 1.80. The van der Waals surface area contributed by atoms with E-state index in [4.69, 9.17) is 9.52 Å². The van der Waals surface area contributed by atoms with E-state index in [2.05, 4.69) is 4.98 Å². The van der Waals surface area contributed by atoms with Gasteiger partial charge in [0.2, 0.25) is 0 Å². The van der Waals surface area contributed by atoms with Crippen LogP contribution in [-0.4, -0.2) is 16.1 Å². The zero-order valence-corrected chi connectivity index (χ0v) is 12.7. The number of oxazole rings is 1. The highest BCUT2D eigenvalue weighted by atomic mass is 19.4. The average Bonchev–Trinajstić information content (AvgIpc) is 3.03. The summed E-state index contributed by atoms with van der Waals surface area (Å²) in [6.07, 6.45) is -2.75. The second-order valence-electron chi connectivity index (χ2n) is 5.38. The van der Waals surface area contributed by atoms with Crippen molar-refractivity contribution in [3.8, 4) is 11.3 Å². The topological polar surface area (TPSA) is 63.3 Å². The minimum Gasteiger partial charge on any atom is -0.478 e. The first-order chi connectivity index (χ1) is 11.8. The SMILES string of the molecule is O=C(O)c1ccc(Cc2ncc(-c3cccc(C(F)(F)F)c3)o2)cc1. The number of hydrogen-bond acceptors (Lipinski definition) is 3. The van der Waals surface area contributed by atoms with Gasteiger partial charge in [0.25, 0.3) is 0 Å². The predicted molar refractivity (Wildman–Crippen MR) is 83.1 cm³/mol. The molecule has 2 aromatic carbocycles. The van der Waals surface area contributed by atoms with Crippen LogP contribution in [0.25, 0.3) is 11.3 Å². The van der Waals surface area contributed by atoms with Crippen molar-refractivity contribution in [2.45, 2.75) is 12.6 Å². The van der Waals surface area contributed by atoms with Crippen LogP contribution in [-0.2, 0) is 12.6 Å². The van der Waals surface area contributed by atoms with Gasteiger partial charge in [0.15, 0.2) is 11.7 Å². The van der Waals surface area contributed by atoms with Crippen LogP contribution in [0.3, 0.4) is 0 Å². The van der Waals surface area contributed by atoms with Gasteiger partial charge < -0.3 is 9.52 Å². The second kappa shape index (κ2) is 6.43. The first-order valence-corrected chi connectivity index (χ1v) is 7.27. The third-order valence-corrected chi connectivity index (χ3v) is 3.58. The first-order valence-electron chi connectivity index (χ1n) is 7.27. The highest BCUT2D eigenvalue weighted by Crippen LogP contribution is 2.32. The molecule has 1 N–H and O–H groups in total. The minimum atomic E-state index is -4.43. The number of aromatic nitrogens is 1. The molecule has 1 heterocycles. The van der Waals surface area contributed by atoms with E-state index in [1.807, 2.05) is 0 Å². The van der Waals surface area contributed by atoms with Crippen molar-refractivity contribution in [2.24, 2.45) is 0 Å². The molecular weight excluding hydrogens is 335 g/mol. The van der Waals surface area contributed by atoms with Crippen LogP contribution in [0, 0.1) is 0 Å². The van der Waals surface area contributed by atoms with Crippen molar-refractivity contribution in [3.63, 3.8) is 0 Å². The third-order valence-electron chi connectivity index (χ3n) is 3.58. The summed E-state index contributed by atoms with van der Waals surface area (Å²) in [7, 11) is 0. The number of benzene rings is 2. The van der Waals surface area contributed by atoms with E-state index in [0.29, 0.717) is 12.3 Å². The van der Waals surface area contributed by atoms with Gasteiger partial charge in [-0.1, -0.05) is 24.3 Å². The van der Waals surface area contributed by atoms with Crippen LogP contribution in [0.2, 0.25) is 0 Å². The number of hydrogen-bond donors (Lipinski definition) is 1. The van der Waals surface area contributed by atoms with Crippen LogP contribution >= 0.6 is 0 Å². The van der Waals surface area contributed by atoms with Gasteiger partial charge in [-0.25, -0.2) is 9.78 Å². The number of carbonyl (C=O) groups is 1. The highest BCUT2D eigenvalue weighted by Gasteiger charge is 2.30. The minimum absolute atomic E-state index is 0.167. The van der Waals surface area contributed by atoms with E-state index in [9.17, 15) is 18.0 Å². The van der Waals surface area contributed by atoms with Gasteiger partial charge in [-0.15, -0.1) is 0 Å². The van der Waals surface area contributed by atoms with Crippen LogP contribution in [0.15, 0.2) is 59.1 Å². The summed E-state index contributed by atoms with van der Waals surface area (Å²) in [5.41, 5.74) is 0.477. The summed E-state index contributed by atoms with van der Waals surface area (Å²) in [6.45, 7) is 0. The molecule has 0 aliphatic rings. The molecule has 0 unspecified atom stereocenters. The lowest BCUT2D eigenvalue weighted by molar-refractivity contribution is -0.137. The number of carboxylic acid groups (broad SMARTS) is 1. The van der Waals surface area contributed by atoms with Gasteiger partial charge in [0.05, 0.1) is 17.3 Å². The maximum atomic E-state index is 12.8. The molecule has 0 saturated heterocycles. The Morgan fingerprint density at radius 2 is 1.84 bits per heavy atom. The van der Waals surface area contributed by atoms with Crippen molar-refractivity contribution in [1.29, 1.82) is 0 Å². The summed E-state index contributed by atoms with van der Waals surface area (Å²) in [5, 5.41) is 8.86. The normalized spacial score (nSPS) is 11.5. The molecule has 7 heteroatoms. The molecule has 3 rings (SSSR count). The fraction of sp³-hybridized carbons (Fsp3) is 0.111. The molecule has 0 amide bonds. The van der Waals surface area contributed by atoms with E-state index in [0.717, 1.165) is 17.7 Å². The predicted octanol–water partition coefficient (Wildman–Crippen LogP) is 4.65. The third kappa shape index (κ3) is 3.88. The van der Waals surface area contributed by atoms with Crippen molar-refractivity contribution >= 4 is 5.97 Å². The van der Waals surface area contributed by atoms with Crippen molar-refractivity contribution in [2.75, 3.05) is 0 Å². The monoisotopic (exact) mass is 347 g/mol. The van der Waals surface area contributed by atoms with Gasteiger partial charge in [-0.2, -0.15) is 13.2 Å². The maximum Gasteiger partial charge on any atom is 0.416 e. The smallest absolute Gasteiger partial charge is 0.416 e. The summed E-state index contributed by atoms with van der Waals surface area (Å²) >= 11 is 0. The molecule has 3 aromatic rings. The number of nitrogens with zero attached hydrogens (tertiary/aromatic N) is 1.